The van der Waals surface area contributed by atoms with Crippen molar-refractivity contribution in [1.82, 2.24) is 0 Å². The largest absolute Gasteiger partial charge is 0.317 e. The summed E-state index contributed by atoms with van der Waals surface area (Å²) in [4.78, 5) is 0. The lowest BCUT2D eigenvalue weighted by atomic mass is 10.9. The van der Waals surface area contributed by atoms with Crippen molar-refractivity contribution in [1.29, 1.82) is 10.5 Å². The summed E-state index contributed by atoms with van der Waals surface area (Å²) < 4.78 is 37.2. The van der Waals surface area contributed by atoms with E-state index in [1.165, 1.54) is 12.1 Å². The molecular formula is C2H2N2O5S2. The van der Waals surface area contributed by atoms with E-state index in [9.17, 15) is 8.42 Å². The molecule has 0 atom stereocenters. The Morgan fingerprint density at radius 1 is 1.09 bits per heavy atom. The van der Waals surface area contributed by atoms with Crippen LogP contribution in [0.4, 0.5) is 0 Å². The maximum atomic E-state index is 9.35. The normalized spacial score (nSPS) is 12.7. The third-order valence-corrected chi connectivity index (χ3v) is 1.10. The van der Waals surface area contributed by atoms with Gasteiger partial charge in [-0.1, -0.05) is 0 Å². The molecule has 0 aliphatic rings. The molecule has 0 fully saturated rings. The second kappa shape index (κ2) is 9.16. The van der Waals surface area contributed by atoms with E-state index in [2.05, 4.69) is 3.63 Å². The van der Waals surface area contributed by atoms with Crippen LogP contribution in [0.25, 0.3) is 0 Å². The first kappa shape index (κ1) is 12.8. The summed E-state index contributed by atoms with van der Waals surface area (Å²) in [6, 6.07) is 2.47. The topological polar surface area (TPSA) is 131 Å². The van der Waals surface area contributed by atoms with Crippen LogP contribution in [0.5, 0.6) is 0 Å². The molecule has 0 radical (unpaired) electrons. The fourth-order valence-electron chi connectivity index (χ4n) is 0.0498. The van der Waals surface area contributed by atoms with Crippen LogP contribution in [0, 0.1) is 22.7 Å². The summed E-state index contributed by atoms with van der Waals surface area (Å²) >= 11 is -5.29. The summed E-state index contributed by atoms with van der Waals surface area (Å²) in [7, 11) is 0. The smallest absolute Gasteiger partial charge is 0.283 e. The molecule has 0 spiro atoms. The van der Waals surface area contributed by atoms with Crippen LogP contribution < -0.4 is 0 Å². The van der Waals surface area contributed by atoms with Crippen molar-refractivity contribution in [2.24, 2.45) is 0 Å². The van der Waals surface area contributed by atoms with Gasteiger partial charge in [0, 0.05) is 0 Å². The van der Waals surface area contributed by atoms with Gasteiger partial charge in [-0.2, -0.15) is 18.9 Å². The summed E-state index contributed by atoms with van der Waals surface area (Å²) in [5, 5.41) is 14.5. The highest BCUT2D eigenvalue weighted by atomic mass is 32.3. The van der Waals surface area contributed by atoms with Crippen LogP contribution >= 0.6 is 0 Å². The van der Waals surface area contributed by atoms with Gasteiger partial charge < -0.3 is 0 Å². The van der Waals surface area contributed by atoms with Gasteiger partial charge in [-0.15, -0.1) is 3.63 Å². The highest BCUT2D eigenvalue weighted by Crippen LogP contribution is 1.79. The molecule has 0 saturated heterocycles. The molecule has 9 heteroatoms. The predicted molar refractivity (Wildman–Crippen MR) is 33.9 cm³/mol. The first-order valence-corrected chi connectivity index (χ1v) is 3.79. The lowest BCUT2D eigenvalue weighted by molar-refractivity contribution is 0.427. The highest BCUT2D eigenvalue weighted by molar-refractivity contribution is 7.87. The molecule has 0 aliphatic carbocycles. The van der Waals surface area contributed by atoms with Gasteiger partial charge in [-0.3, -0.25) is 9.11 Å². The van der Waals surface area contributed by atoms with Crippen LogP contribution in [0.1, 0.15) is 0 Å². The standard InChI is InChI=1S/C2N2.H2O5S2/c3-1-2-4;1-6(2)5-7(3)4/h;(H,1,2)(H,3,4). The maximum Gasteiger partial charge on any atom is 0.317 e. The minimum atomic E-state index is -2.65. The third kappa shape index (κ3) is 27.1. The van der Waals surface area contributed by atoms with Crippen molar-refractivity contribution in [2.75, 3.05) is 0 Å². The van der Waals surface area contributed by atoms with Crippen LogP contribution in [-0.4, -0.2) is 17.5 Å². The van der Waals surface area contributed by atoms with Gasteiger partial charge in [0.1, 0.15) is 0 Å². The van der Waals surface area contributed by atoms with Gasteiger partial charge >= 0.3 is 22.7 Å². The summed E-state index contributed by atoms with van der Waals surface area (Å²) in [5.74, 6) is 0. The van der Waals surface area contributed by atoms with Crippen molar-refractivity contribution in [3.05, 3.63) is 0 Å². The summed E-state index contributed by atoms with van der Waals surface area (Å²) in [6.07, 6.45) is 0. The monoisotopic (exact) mass is 198 g/mol. The zero-order valence-corrected chi connectivity index (χ0v) is 6.46. The molecule has 0 amide bonds. The Labute approximate surface area is 67.2 Å². The molecule has 0 heterocycles. The lowest BCUT2D eigenvalue weighted by Crippen LogP contribution is -1.96. The average Bonchev–Trinajstić information content (AvgIpc) is 1.85. The third-order valence-electron chi connectivity index (χ3n) is 0.166. The van der Waals surface area contributed by atoms with E-state index in [-0.39, 0.29) is 0 Å². The van der Waals surface area contributed by atoms with Gasteiger partial charge in [0.15, 0.2) is 12.1 Å². The first-order chi connectivity index (χ1) is 5.04. The van der Waals surface area contributed by atoms with Crippen molar-refractivity contribution in [3.8, 4) is 12.1 Å². The average molecular weight is 198 g/mol. The predicted octanol–water partition coefficient (Wildman–Crippen LogP) is -0.690. The molecule has 0 unspecified atom stereocenters. The summed E-state index contributed by atoms with van der Waals surface area (Å²) in [6.45, 7) is 0. The zero-order valence-electron chi connectivity index (χ0n) is 4.83. The van der Waals surface area contributed by atoms with E-state index in [4.69, 9.17) is 19.6 Å². The molecule has 7 nitrogen and oxygen atoms in total. The van der Waals surface area contributed by atoms with Crippen molar-refractivity contribution in [2.45, 2.75) is 0 Å². The van der Waals surface area contributed by atoms with Gasteiger partial charge in [0.25, 0.3) is 0 Å². The van der Waals surface area contributed by atoms with E-state index in [1.54, 1.807) is 0 Å². The minimum Gasteiger partial charge on any atom is -0.283 e. The Bertz CT molecular complexity index is 202. The van der Waals surface area contributed by atoms with E-state index in [0.29, 0.717) is 0 Å². The van der Waals surface area contributed by atoms with Gasteiger partial charge in [-0.25, -0.2) is 0 Å². The Hall–Kier alpha value is -0.840. The van der Waals surface area contributed by atoms with Crippen LogP contribution in [0.15, 0.2) is 0 Å². The zero-order chi connectivity index (χ0) is 9.28. The fraction of sp³-hybridized carbons (Fsp3) is 0. The van der Waals surface area contributed by atoms with Gasteiger partial charge in [-0.05, 0) is 0 Å². The molecule has 0 rings (SSSR count). The van der Waals surface area contributed by atoms with Crippen molar-refractivity contribution in [3.63, 3.8) is 0 Å². The highest BCUT2D eigenvalue weighted by Gasteiger charge is 1.95. The second-order valence-electron chi connectivity index (χ2n) is 0.726. The van der Waals surface area contributed by atoms with E-state index in [1.807, 2.05) is 0 Å². The number of nitriles is 2. The molecule has 0 bridgehead atoms. The lowest BCUT2D eigenvalue weighted by Gasteiger charge is -1.82. The quantitative estimate of drug-likeness (QED) is 0.561. The van der Waals surface area contributed by atoms with Gasteiger partial charge in [0.2, 0.25) is 0 Å². The molecule has 11 heavy (non-hydrogen) atoms. The van der Waals surface area contributed by atoms with Crippen LogP contribution in [0.3, 0.4) is 0 Å². The Morgan fingerprint density at radius 2 is 1.36 bits per heavy atom. The molecule has 0 aliphatic heterocycles. The Kier molecular flexibility index (Phi) is 10.7. The van der Waals surface area contributed by atoms with Crippen molar-refractivity contribution < 1.29 is 21.2 Å². The number of rotatable bonds is 2. The first-order valence-electron chi connectivity index (χ1n) is 1.73. The van der Waals surface area contributed by atoms with Crippen LogP contribution in [-0.2, 0) is 26.4 Å². The maximum absolute atomic E-state index is 9.35. The minimum absolute atomic E-state index is 1.24. The van der Waals surface area contributed by atoms with Crippen LogP contribution in [0.2, 0.25) is 0 Å². The molecule has 0 aromatic carbocycles. The summed E-state index contributed by atoms with van der Waals surface area (Å²) in [5.41, 5.74) is 0. The SMILES string of the molecule is N#CC#N.O=S(O)OS(=O)O. The second-order valence-corrected chi connectivity index (χ2v) is 2.14. The molecule has 2 N–H and O–H groups in total. The molecular weight excluding hydrogens is 196 g/mol. The fourth-order valence-corrected chi connectivity index (χ4v) is 0.448. The van der Waals surface area contributed by atoms with Crippen molar-refractivity contribution >= 4 is 22.7 Å². The van der Waals surface area contributed by atoms with E-state index < -0.39 is 22.7 Å². The van der Waals surface area contributed by atoms with Gasteiger partial charge in [0.05, 0.1) is 0 Å². The number of nitrogens with zero attached hydrogens (tertiary/aromatic N) is 2. The van der Waals surface area contributed by atoms with E-state index >= 15 is 0 Å². The molecule has 62 valence electrons. The molecule has 0 aromatic heterocycles. The number of hydrogen-bond acceptors (Lipinski definition) is 5. The molecule has 0 aromatic rings. The Morgan fingerprint density at radius 3 is 1.36 bits per heavy atom. The number of hydrogen-bond donors (Lipinski definition) is 2. The Balaban J connectivity index is 0. The molecule has 0 saturated carbocycles. The van der Waals surface area contributed by atoms with E-state index in [0.717, 1.165) is 0 Å².